The zero-order valence-corrected chi connectivity index (χ0v) is 7.55. The van der Waals surface area contributed by atoms with Gasteiger partial charge in [-0.2, -0.15) is 0 Å². The Bertz CT molecular complexity index is 422. The van der Waals surface area contributed by atoms with Crippen molar-refractivity contribution in [1.29, 1.82) is 0 Å². The SMILES string of the molecule is COc1cc2cc(C(=O)O)sc2o1. The fourth-order valence-corrected chi connectivity index (χ4v) is 1.85. The minimum absolute atomic E-state index is 0.274. The molecule has 0 atom stereocenters. The molecule has 4 nitrogen and oxygen atoms in total. The number of methoxy groups -OCH3 is 1. The van der Waals surface area contributed by atoms with Gasteiger partial charge in [-0.3, -0.25) is 0 Å². The Morgan fingerprint density at radius 3 is 2.92 bits per heavy atom. The third kappa shape index (κ3) is 1.27. The lowest BCUT2D eigenvalue weighted by Crippen LogP contribution is -1.89. The summed E-state index contributed by atoms with van der Waals surface area (Å²) in [6.07, 6.45) is 0. The van der Waals surface area contributed by atoms with E-state index in [0.29, 0.717) is 10.8 Å². The number of carboxylic acid groups (broad SMARTS) is 1. The van der Waals surface area contributed by atoms with Crippen molar-refractivity contribution in [3.63, 3.8) is 0 Å². The van der Waals surface area contributed by atoms with E-state index >= 15 is 0 Å². The van der Waals surface area contributed by atoms with Crippen molar-refractivity contribution < 1.29 is 19.1 Å². The predicted molar refractivity (Wildman–Crippen MR) is 47.6 cm³/mol. The third-order valence-corrected chi connectivity index (χ3v) is 2.62. The van der Waals surface area contributed by atoms with Gasteiger partial charge >= 0.3 is 5.97 Å². The molecule has 1 N–H and O–H groups in total. The molecule has 0 amide bonds. The van der Waals surface area contributed by atoms with Crippen LogP contribution in [-0.4, -0.2) is 18.2 Å². The van der Waals surface area contributed by atoms with E-state index in [1.54, 1.807) is 12.1 Å². The van der Waals surface area contributed by atoms with Crippen molar-refractivity contribution in [2.24, 2.45) is 0 Å². The van der Waals surface area contributed by atoms with E-state index in [-0.39, 0.29) is 4.88 Å². The number of ether oxygens (including phenoxy) is 1. The zero-order chi connectivity index (χ0) is 9.42. The summed E-state index contributed by atoms with van der Waals surface area (Å²) in [5.41, 5.74) is 0. The first-order valence-electron chi connectivity index (χ1n) is 3.51. The Kier molecular flexibility index (Phi) is 1.73. The highest BCUT2D eigenvalue weighted by atomic mass is 32.1. The van der Waals surface area contributed by atoms with Gasteiger partial charge in [0.2, 0.25) is 0 Å². The molecule has 2 rings (SSSR count). The molecule has 0 fully saturated rings. The van der Waals surface area contributed by atoms with Gasteiger partial charge < -0.3 is 14.3 Å². The molecular weight excluding hydrogens is 192 g/mol. The molecule has 13 heavy (non-hydrogen) atoms. The summed E-state index contributed by atoms with van der Waals surface area (Å²) in [5, 5.41) is 9.43. The van der Waals surface area contributed by atoms with E-state index in [4.69, 9.17) is 14.3 Å². The zero-order valence-electron chi connectivity index (χ0n) is 6.73. The van der Waals surface area contributed by atoms with Crippen LogP contribution in [0.3, 0.4) is 0 Å². The van der Waals surface area contributed by atoms with Gasteiger partial charge in [0.25, 0.3) is 5.95 Å². The lowest BCUT2D eigenvalue weighted by Gasteiger charge is -1.88. The minimum atomic E-state index is -0.935. The van der Waals surface area contributed by atoms with Gasteiger partial charge in [-0.25, -0.2) is 4.79 Å². The molecular formula is C8H6O4S. The van der Waals surface area contributed by atoms with Crippen molar-refractivity contribution in [2.75, 3.05) is 7.11 Å². The monoisotopic (exact) mass is 198 g/mol. The average Bonchev–Trinajstić information content (AvgIpc) is 2.58. The molecule has 2 aromatic rings. The number of carbonyl (C=O) groups is 1. The molecule has 68 valence electrons. The van der Waals surface area contributed by atoms with Crippen molar-refractivity contribution in [2.45, 2.75) is 0 Å². The number of aromatic carboxylic acids is 1. The number of carboxylic acids is 1. The molecule has 0 saturated carbocycles. The minimum Gasteiger partial charge on any atom is -0.477 e. The maximum absolute atomic E-state index is 10.6. The Balaban J connectivity index is 2.54. The summed E-state index contributed by atoms with van der Waals surface area (Å²) in [4.78, 5) is 11.4. The Hall–Kier alpha value is -1.49. The Labute approximate surface area is 77.3 Å². The first kappa shape index (κ1) is 8.12. The van der Waals surface area contributed by atoms with Crippen LogP contribution >= 0.6 is 11.3 Å². The predicted octanol–water partition coefficient (Wildman–Crippen LogP) is 2.20. The van der Waals surface area contributed by atoms with E-state index in [9.17, 15) is 4.79 Å². The molecule has 2 aromatic heterocycles. The van der Waals surface area contributed by atoms with E-state index in [1.807, 2.05) is 0 Å². The summed E-state index contributed by atoms with van der Waals surface area (Å²) in [6.45, 7) is 0. The van der Waals surface area contributed by atoms with Crippen molar-refractivity contribution in [3.05, 3.63) is 17.0 Å². The van der Waals surface area contributed by atoms with Gasteiger partial charge in [-0.05, 0) is 6.07 Å². The smallest absolute Gasteiger partial charge is 0.346 e. The van der Waals surface area contributed by atoms with Crippen LogP contribution in [-0.2, 0) is 0 Å². The van der Waals surface area contributed by atoms with Crippen molar-refractivity contribution in [1.82, 2.24) is 0 Å². The number of rotatable bonds is 2. The average molecular weight is 198 g/mol. The standard InChI is InChI=1S/C8H6O4S/c1-11-6-3-4-2-5(7(9)10)13-8(4)12-6/h2-3H,1H3,(H,9,10). The maximum atomic E-state index is 10.6. The van der Waals surface area contributed by atoms with Crippen LogP contribution in [0.4, 0.5) is 0 Å². The molecule has 0 radical (unpaired) electrons. The number of hydrogen-bond donors (Lipinski definition) is 1. The first-order valence-corrected chi connectivity index (χ1v) is 4.33. The summed E-state index contributed by atoms with van der Waals surface area (Å²) in [7, 11) is 1.50. The highest BCUT2D eigenvalue weighted by molar-refractivity contribution is 7.20. The van der Waals surface area contributed by atoms with Crippen LogP contribution in [0.1, 0.15) is 9.67 Å². The van der Waals surface area contributed by atoms with E-state index in [2.05, 4.69) is 0 Å². The van der Waals surface area contributed by atoms with Crippen LogP contribution in [0.25, 0.3) is 10.3 Å². The number of furan rings is 1. The summed E-state index contributed by atoms with van der Waals surface area (Å²) < 4.78 is 10.0. The van der Waals surface area contributed by atoms with Crippen LogP contribution in [0, 0.1) is 0 Å². The normalized spacial score (nSPS) is 10.5. The first-order chi connectivity index (χ1) is 6.20. The number of fused-ring (bicyclic) bond motifs is 1. The highest BCUT2D eigenvalue weighted by Crippen LogP contribution is 2.31. The Morgan fingerprint density at radius 2 is 2.38 bits per heavy atom. The van der Waals surface area contributed by atoms with Crippen LogP contribution in [0.2, 0.25) is 0 Å². The molecule has 2 heterocycles. The molecule has 0 spiro atoms. The van der Waals surface area contributed by atoms with Gasteiger partial charge in [0.05, 0.1) is 7.11 Å². The summed E-state index contributed by atoms with van der Waals surface area (Å²) in [6, 6.07) is 3.23. The molecule has 0 aliphatic rings. The van der Waals surface area contributed by atoms with Crippen LogP contribution in [0.5, 0.6) is 5.95 Å². The van der Waals surface area contributed by atoms with Crippen molar-refractivity contribution >= 4 is 27.6 Å². The largest absolute Gasteiger partial charge is 0.477 e. The van der Waals surface area contributed by atoms with E-state index in [0.717, 1.165) is 16.7 Å². The second-order valence-corrected chi connectivity index (χ2v) is 3.44. The summed E-state index contributed by atoms with van der Waals surface area (Å²) in [5.74, 6) is -0.534. The lowest BCUT2D eigenvalue weighted by molar-refractivity contribution is 0.0702. The van der Waals surface area contributed by atoms with E-state index in [1.165, 1.54) is 7.11 Å². The molecule has 0 aliphatic heterocycles. The Morgan fingerprint density at radius 1 is 1.62 bits per heavy atom. The maximum Gasteiger partial charge on any atom is 0.346 e. The number of thiophene rings is 1. The van der Waals surface area contributed by atoms with Crippen LogP contribution in [0.15, 0.2) is 16.5 Å². The fourth-order valence-electron chi connectivity index (χ4n) is 1.02. The molecule has 0 aromatic carbocycles. The van der Waals surface area contributed by atoms with E-state index < -0.39 is 5.97 Å². The highest BCUT2D eigenvalue weighted by Gasteiger charge is 2.12. The quantitative estimate of drug-likeness (QED) is 0.803. The molecule has 0 saturated heterocycles. The second-order valence-electron chi connectivity index (χ2n) is 2.43. The van der Waals surface area contributed by atoms with Crippen LogP contribution < -0.4 is 4.74 Å². The second kappa shape index (κ2) is 2.77. The third-order valence-electron chi connectivity index (χ3n) is 1.60. The molecule has 5 heteroatoms. The molecule has 0 bridgehead atoms. The molecule has 0 unspecified atom stereocenters. The number of hydrogen-bond acceptors (Lipinski definition) is 4. The molecule has 0 aliphatic carbocycles. The topological polar surface area (TPSA) is 59.7 Å². The van der Waals surface area contributed by atoms with Gasteiger partial charge in [0.15, 0.2) is 4.90 Å². The fraction of sp³-hybridized carbons (Fsp3) is 0.125. The van der Waals surface area contributed by atoms with Gasteiger partial charge in [-0.15, -0.1) is 0 Å². The summed E-state index contributed by atoms with van der Waals surface area (Å²) >= 11 is 1.10. The lowest BCUT2D eigenvalue weighted by atomic mass is 10.4. The van der Waals surface area contributed by atoms with Gasteiger partial charge in [-0.1, -0.05) is 11.3 Å². The van der Waals surface area contributed by atoms with Gasteiger partial charge in [0, 0.05) is 11.5 Å². The van der Waals surface area contributed by atoms with Gasteiger partial charge in [0.1, 0.15) is 4.88 Å². The van der Waals surface area contributed by atoms with Crippen molar-refractivity contribution in [3.8, 4) is 5.95 Å².